The molecule has 0 aliphatic heterocycles. The van der Waals surface area contributed by atoms with Gasteiger partial charge in [-0.2, -0.15) is 0 Å². The van der Waals surface area contributed by atoms with E-state index in [0.717, 1.165) is 28.1 Å². The quantitative estimate of drug-likeness (QED) is 0.898. The molecule has 0 fully saturated rings. The number of hydrogen-bond acceptors (Lipinski definition) is 2. The van der Waals surface area contributed by atoms with Crippen molar-refractivity contribution in [1.29, 1.82) is 0 Å². The molecule has 2 rings (SSSR count). The number of nitrogens with one attached hydrogen (secondary N) is 1. The third-order valence-electron chi connectivity index (χ3n) is 2.73. The summed E-state index contributed by atoms with van der Waals surface area (Å²) in [5.74, 6) is 1.87. The number of aryl methyl sites for hydroxylation is 1. The maximum Gasteiger partial charge on any atom is 0.135 e. The monoisotopic (exact) mass is 307 g/mol. The average molecular weight is 308 g/mol. The van der Waals surface area contributed by atoms with Crippen LogP contribution in [0, 0.1) is 6.92 Å². The molecule has 0 bridgehead atoms. The minimum Gasteiger partial charge on any atom is -0.460 e. The van der Waals surface area contributed by atoms with Gasteiger partial charge in [0.1, 0.15) is 11.5 Å². The predicted molar refractivity (Wildman–Crippen MR) is 78.6 cm³/mol. The van der Waals surface area contributed by atoms with Gasteiger partial charge in [0.15, 0.2) is 0 Å². The van der Waals surface area contributed by atoms with E-state index in [2.05, 4.69) is 60.2 Å². The summed E-state index contributed by atoms with van der Waals surface area (Å²) in [6.07, 6.45) is 0. The average Bonchev–Trinajstić information content (AvgIpc) is 2.78. The zero-order valence-electron chi connectivity index (χ0n) is 11.0. The first-order valence-electron chi connectivity index (χ1n) is 6.15. The fourth-order valence-electron chi connectivity index (χ4n) is 1.75. The van der Waals surface area contributed by atoms with E-state index in [9.17, 15) is 0 Å². The first-order chi connectivity index (χ1) is 8.56. The molecule has 0 spiro atoms. The minimum atomic E-state index is 0.462. The molecule has 1 aromatic heterocycles. The fraction of sp³-hybridized carbons (Fsp3) is 0.333. The molecule has 2 aromatic rings. The number of hydrogen-bond donors (Lipinski definition) is 1. The Bertz CT molecular complexity index is 531. The van der Waals surface area contributed by atoms with Crippen LogP contribution in [0.15, 0.2) is 39.2 Å². The number of benzene rings is 1. The highest BCUT2D eigenvalue weighted by Gasteiger charge is 2.08. The molecule has 0 aliphatic rings. The van der Waals surface area contributed by atoms with Crippen LogP contribution in [0.1, 0.15) is 25.2 Å². The van der Waals surface area contributed by atoms with Gasteiger partial charge in [-0.1, -0.05) is 41.4 Å². The Hall–Kier alpha value is -1.06. The zero-order valence-corrected chi connectivity index (χ0v) is 12.5. The van der Waals surface area contributed by atoms with E-state index in [1.54, 1.807) is 0 Å². The van der Waals surface area contributed by atoms with E-state index in [0.29, 0.717) is 6.04 Å². The van der Waals surface area contributed by atoms with Crippen molar-refractivity contribution in [2.24, 2.45) is 0 Å². The third kappa shape index (κ3) is 3.24. The van der Waals surface area contributed by atoms with E-state index in [-0.39, 0.29) is 0 Å². The summed E-state index contributed by atoms with van der Waals surface area (Å²) in [6, 6.07) is 10.8. The van der Waals surface area contributed by atoms with Gasteiger partial charge in [0.05, 0.1) is 6.54 Å². The molecule has 96 valence electrons. The van der Waals surface area contributed by atoms with Crippen LogP contribution >= 0.6 is 15.9 Å². The number of rotatable bonds is 4. The zero-order chi connectivity index (χ0) is 13.1. The van der Waals surface area contributed by atoms with Crippen molar-refractivity contribution in [3.63, 3.8) is 0 Å². The Labute approximate surface area is 117 Å². The summed E-state index contributed by atoms with van der Waals surface area (Å²) in [6.45, 7) is 7.10. The smallest absolute Gasteiger partial charge is 0.135 e. The maximum absolute atomic E-state index is 5.86. The van der Waals surface area contributed by atoms with Crippen molar-refractivity contribution in [2.45, 2.75) is 33.4 Å². The maximum atomic E-state index is 5.86. The van der Waals surface area contributed by atoms with Gasteiger partial charge in [0.2, 0.25) is 0 Å². The van der Waals surface area contributed by atoms with Gasteiger partial charge in [0.25, 0.3) is 0 Å². The molecule has 0 saturated heterocycles. The second-order valence-corrected chi connectivity index (χ2v) is 5.64. The van der Waals surface area contributed by atoms with Gasteiger partial charge in [-0.3, -0.25) is 0 Å². The summed E-state index contributed by atoms with van der Waals surface area (Å²) in [5.41, 5.74) is 2.33. The van der Waals surface area contributed by atoms with Crippen molar-refractivity contribution in [2.75, 3.05) is 0 Å². The lowest BCUT2D eigenvalue weighted by molar-refractivity contribution is 0.473. The van der Waals surface area contributed by atoms with Crippen LogP contribution in [0.25, 0.3) is 11.3 Å². The van der Waals surface area contributed by atoms with Gasteiger partial charge in [0, 0.05) is 16.1 Å². The highest BCUT2D eigenvalue weighted by molar-refractivity contribution is 9.10. The molecule has 1 aromatic carbocycles. The van der Waals surface area contributed by atoms with E-state index >= 15 is 0 Å². The molecule has 2 nitrogen and oxygen atoms in total. The molecule has 1 N–H and O–H groups in total. The van der Waals surface area contributed by atoms with Crippen LogP contribution in [0.2, 0.25) is 0 Å². The Morgan fingerprint density at radius 2 is 2.00 bits per heavy atom. The molecule has 1 heterocycles. The van der Waals surface area contributed by atoms with Crippen LogP contribution in [0.3, 0.4) is 0 Å². The van der Waals surface area contributed by atoms with Gasteiger partial charge in [-0.05, 0) is 31.2 Å². The van der Waals surface area contributed by atoms with E-state index < -0.39 is 0 Å². The van der Waals surface area contributed by atoms with Crippen LogP contribution in [-0.2, 0) is 6.54 Å². The lowest BCUT2D eigenvalue weighted by atomic mass is 10.1. The summed E-state index contributed by atoms with van der Waals surface area (Å²) >= 11 is 3.56. The Morgan fingerprint density at radius 1 is 1.22 bits per heavy atom. The van der Waals surface area contributed by atoms with Crippen LogP contribution in [0.4, 0.5) is 0 Å². The normalized spacial score (nSPS) is 11.2. The predicted octanol–water partition coefficient (Wildman–Crippen LogP) is 4.52. The Morgan fingerprint density at radius 3 is 2.72 bits per heavy atom. The second-order valence-electron chi connectivity index (χ2n) is 4.78. The lowest BCUT2D eigenvalue weighted by Crippen LogP contribution is -2.21. The van der Waals surface area contributed by atoms with Crippen LogP contribution in [-0.4, -0.2) is 6.04 Å². The topological polar surface area (TPSA) is 25.2 Å². The van der Waals surface area contributed by atoms with Crippen molar-refractivity contribution >= 4 is 15.9 Å². The largest absolute Gasteiger partial charge is 0.460 e. The molecule has 0 amide bonds. The van der Waals surface area contributed by atoms with Gasteiger partial charge >= 0.3 is 0 Å². The van der Waals surface area contributed by atoms with E-state index in [1.165, 1.54) is 5.56 Å². The molecule has 18 heavy (non-hydrogen) atoms. The third-order valence-corrected chi connectivity index (χ3v) is 3.43. The summed E-state index contributed by atoms with van der Waals surface area (Å²) in [4.78, 5) is 0. The molecular weight excluding hydrogens is 290 g/mol. The van der Waals surface area contributed by atoms with E-state index in [4.69, 9.17) is 4.42 Å². The number of halogens is 1. The van der Waals surface area contributed by atoms with Crippen molar-refractivity contribution in [1.82, 2.24) is 5.32 Å². The first-order valence-corrected chi connectivity index (χ1v) is 6.94. The van der Waals surface area contributed by atoms with Crippen LogP contribution < -0.4 is 5.32 Å². The molecule has 0 saturated carbocycles. The van der Waals surface area contributed by atoms with Crippen molar-refractivity contribution in [3.05, 3.63) is 46.1 Å². The molecule has 0 aliphatic carbocycles. The molecule has 0 radical (unpaired) electrons. The minimum absolute atomic E-state index is 0.462. The molecule has 0 atom stereocenters. The summed E-state index contributed by atoms with van der Waals surface area (Å²) in [7, 11) is 0. The van der Waals surface area contributed by atoms with Gasteiger partial charge < -0.3 is 9.73 Å². The van der Waals surface area contributed by atoms with Gasteiger partial charge in [-0.25, -0.2) is 0 Å². The summed E-state index contributed by atoms with van der Waals surface area (Å²) < 4.78 is 6.92. The molecule has 0 unspecified atom stereocenters. The SMILES string of the molecule is Cc1ccc(Br)c(-c2ccc(CNC(C)C)o2)c1. The fourth-order valence-corrected chi connectivity index (χ4v) is 2.19. The highest BCUT2D eigenvalue weighted by Crippen LogP contribution is 2.30. The lowest BCUT2D eigenvalue weighted by Gasteiger charge is -2.06. The van der Waals surface area contributed by atoms with Crippen molar-refractivity contribution < 1.29 is 4.42 Å². The van der Waals surface area contributed by atoms with Crippen molar-refractivity contribution in [3.8, 4) is 11.3 Å². The summed E-state index contributed by atoms with van der Waals surface area (Å²) in [5, 5.41) is 3.35. The first kappa shape index (κ1) is 13.4. The Kier molecular flexibility index (Phi) is 4.25. The Balaban J connectivity index is 2.21. The molecule has 3 heteroatoms. The highest BCUT2D eigenvalue weighted by atomic mass is 79.9. The van der Waals surface area contributed by atoms with E-state index in [1.807, 2.05) is 12.1 Å². The second kappa shape index (κ2) is 5.72. The molecular formula is C15H18BrNO. The van der Waals surface area contributed by atoms with Gasteiger partial charge in [-0.15, -0.1) is 0 Å². The van der Waals surface area contributed by atoms with Crippen LogP contribution in [0.5, 0.6) is 0 Å². The number of furan rings is 1. The standard InChI is InChI=1S/C15H18BrNO/c1-10(2)17-9-12-5-7-15(18-12)13-8-11(3)4-6-14(13)16/h4-8,10,17H,9H2,1-3H3.